The minimum Gasteiger partial charge on any atom is -0.316 e. The van der Waals surface area contributed by atoms with Crippen molar-refractivity contribution in [1.82, 2.24) is 5.32 Å². The summed E-state index contributed by atoms with van der Waals surface area (Å²) in [6.45, 7) is 13.2. The lowest BCUT2D eigenvalue weighted by Crippen LogP contribution is -2.23. The van der Waals surface area contributed by atoms with E-state index in [1.807, 2.05) is 0 Å². The van der Waals surface area contributed by atoms with Crippen LogP contribution in [-0.2, 0) is 0 Å². The first-order valence-electron chi connectivity index (χ1n) is 6.61. The van der Waals surface area contributed by atoms with Crippen molar-refractivity contribution >= 4 is 0 Å². The Bertz CT molecular complexity index is 151. The summed E-state index contributed by atoms with van der Waals surface area (Å²) in [7, 11) is 0. The molecule has 0 amide bonds. The summed E-state index contributed by atoms with van der Waals surface area (Å²) in [5.74, 6) is 0.838. The van der Waals surface area contributed by atoms with Gasteiger partial charge in [-0.25, -0.2) is 0 Å². The molecule has 0 aliphatic rings. The van der Waals surface area contributed by atoms with E-state index in [4.69, 9.17) is 0 Å². The molecule has 0 aromatic rings. The summed E-state index contributed by atoms with van der Waals surface area (Å²) in [5, 5.41) is 3.51. The van der Waals surface area contributed by atoms with Crippen LogP contribution in [-0.4, -0.2) is 13.1 Å². The van der Waals surface area contributed by atoms with Crippen molar-refractivity contribution in [2.45, 2.75) is 59.3 Å². The van der Waals surface area contributed by atoms with E-state index in [1.165, 1.54) is 50.6 Å². The maximum Gasteiger partial charge on any atom is -0.00205 e. The molecule has 0 aromatic carbocycles. The lowest BCUT2D eigenvalue weighted by atomic mass is 9.96. The van der Waals surface area contributed by atoms with E-state index in [1.54, 1.807) is 0 Å². The van der Waals surface area contributed by atoms with Gasteiger partial charge in [-0.1, -0.05) is 45.8 Å². The number of hydrogen-bond acceptors (Lipinski definition) is 1. The summed E-state index contributed by atoms with van der Waals surface area (Å²) in [6, 6.07) is 0. The molecule has 0 unspecified atom stereocenters. The Hall–Kier alpha value is -0.300. The molecular weight excluding hydrogens is 182 g/mol. The van der Waals surface area contributed by atoms with Crippen molar-refractivity contribution in [3.05, 3.63) is 12.2 Å². The minimum atomic E-state index is 0.838. The third-order valence-corrected chi connectivity index (χ3v) is 2.95. The molecule has 0 bridgehead atoms. The summed E-state index contributed by atoms with van der Waals surface area (Å²) in [4.78, 5) is 0. The van der Waals surface area contributed by atoms with Crippen LogP contribution >= 0.6 is 0 Å². The van der Waals surface area contributed by atoms with Gasteiger partial charge in [-0.05, 0) is 44.7 Å². The van der Waals surface area contributed by atoms with Gasteiger partial charge in [-0.2, -0.15) is 0 Å². The molecule has 0 aromatic heterocycles. The third kappa shape index (κ3) is 8.68. The first-order valence-corrected chi connectivity index (χ1v) is 6.61. The highest BCUT2D eigenvalue weighted by atomic mass is 14.8. The Morgan fingerprint density at radius 2 is 1.87 bits per heavy atom. The first-order chi connectivity index (χ1) is 7.24. The monoisotopic (exact) mass is 211 g/mol. The van der Waals surface area contributed by atoms with Crippen molar-refractivity contribution in [2.24, 2.45) is 5.92 Å². The van der Waals surface area contributed by atoms with E-state index < -0.39 is 0 Å². The van der Waals surface area contributed by atoms with Gasteiger partial charge >= 0.3 is 0 Å². The molecule has 0 aliphatic carbocycles. The largest absolute Gasteiger partial charge is 0.316 e. The molecule has 1 nitrogen and oxygen atoms in total. The first kappa shape index (κ1) is 14.7. The number of rotatable bonds is 10. The predicted octanol–water partition coefficient (Wildman–Crippen LogP) is 4.15. The normalized spacial score (nSPS) is 12.7. The van der Waals surface area contributed by atoms with E-state index in [2.05, 4.69) is 32.7 Å². The highest BCUT2D eigenvalue weighted by Gasteiger charge is 2.06. The van der Waals surface area contributed by atoms with E-state index in [0.29, 0.717) is 0 Å². The van der Waals surface area contributed by atoms with Gasteiger partial charge in [0.25, 0.3) is 0 Å². The van der Waals surface area contributed by atoms with E-state index in [9.17, 15) is 0 Å². The highest BCUT2D eigenvalue weighted by molar-refractivity contribution is 4.93. The molecular formula is C14H29N. The fraction of sp³-hybridized carbons (Fsp3) is 0.857. The van der Waals surface area contributed by atoms with Gasteiger partial charge in [-0.15, -0.1) is 0 Å². The number of hydrogen-bond donors (Lipinski definition) is 1. The van der Waals surface area contributed by atoms with Crippen molar-refractivity contribution in [3.63, 3.8) is 0 Å². The quantitative estimate of drug-likeness (QED) is 0.423. The summed E-state index contributed by atoms with van der Waals surface area (Å²) < 4.78 is 0. The molecule has 0 radical (unpaired) electrons. The standard InChI is InChI=1S/C14H29N/c1-5-8-13(4)9-10-14(7-3)12-15-11-6-2/h14-15H,4-12H2,1-3H3/t14-/m1/s1. The second kappa shape index (κ2) is 10.2. The van der Waals surface area contributed by atoms with Gasteiger partial charge < -0.3 is 5.32 Å². The Morgan fingerprint density at radius 3 is 2.40 bits per heavy atom. The lowest BCUT2D eigenvalue weighted by molar-refractivity contribution is 0.431. The van der Waals surface area contributed by atoms with Crippen LogP contribution in [0.15, 0.2) is 12.2 Å². The van der Waals surface area contributed by atoms with Crippen LogP contribution in [0, 0.1) is 5.92 Å². The zero-order chi connectivity index (χ0) is 11.5. The predicted molar refractivity (Wildman–Crippen MR) is 70.2 cm³/mol. The third-order valence-electron chi connectivity index (χ3n) is 2.95. The van der Waals surface area contributed by atoms with Crippen molar-refractivity contribution < 1.29 is 0 Å². The van der Waals surface area contributed by atoms with Crippen molar-refractivity contribution in [2.75, 3.05) is 13.1 Å². The maximum absolute atomic E-state index is 4.13. The summed E-state index contributed by atoms with van der Waals surface area (Å²) in [5.41, 5.74) is 1.44. The summed E-state index contributed by atoms with van der Waals surface area (Å²) in [6.07, 6.45) is 7.50. The molecule has 90 valence electrons. The Kier molecular flexibility index (Phi) is 10.0. The molecule has 0 rings (SSSR count). The van der Waals surface area contributed by atoms with Crippen molar-refractivity contribution in [1.29, 1.82) is 0 Å². The Balaban J connectivity index is 3.55. The van der Waals surface area contributed by atoms with Crippen LogP contribution in [0.25, 0.3) is 0 Å². The number of nitrogens with one attached hydrogen (secondary N) is 1. The molecule has 0 aliphatic heterocycles. The average molecular weight is 211 g/mol. The molecule has 0 heterocycles. The van der Waals surface area contributed by atoms with Crippen LogP contribution in [0.3, 0.4) is 0 Å². The topological polar surface area (TPSA) is 12.0 Å². The van der Waals surface area contributed by atoms with Gasteiger partial charge in [0.15, 0.2) is 0 Å². The average Bonchev–Trinajstić information content (AvgIpc) is 2.23. The van der Waals surface area contributed by atoms with Gasteiger partial charge in [0.2, 0.25) is 0 Å². The second-order valence-corrected chi connectivity index (χ2v) is 4.52. The van der Waals surface area contributed by atoms with Crippen LogP contribution < -0.4 is 5.32 Å². The molecule has 0 spiro atoms. The van der Waals surface area contributed by atoms with E-state index in [-0.39, 0.29) is 0 Å². The van der Waals surface area contributed by atoms with E-state index in [0.717, 1.165) is 12.5 Å². The second-order valence-electron chi connectivity index (χ2n) is 4.52. The van der Waals surface area contributed by atoms with Crippen LogP contribution in [0.1, 0.15) is 59.3 Å². The molecule has 0 saturated carbocycles. The zero-order valence-electron chi connectivity index (χ0n) is 10.9. The lowest BCUT2D eigenvalue weighted by Gasteiger charge is -2.16. The fourth-order valence-electron chi connectivity index (χ4n) is 1.82. The van der Waals surface area contributed by atoms with Crippen LogP contribution in [0.4, 0.5) is 0 Å². The fourth-order valence-corrected chi connectivity index (χ4v) is 1.82. The molecule has 1 heteroatoms. The van der Waals surface area contributed by atoms with Gasteiger partial charge in [0.1, 0.15) is 0 Å². The Morgan fingerprint density at radius 1 is 1.13 bits per heavy atom. The van der Waals surface area contributed by atoms with Gasteiger partial charge in [-0.3, -0.25) is 0 Å². The highest BCUT2D eigenvalue weighted by Crippen LogP contribution is 2.16. The van der Waals surface area contributed by atoms with Crippen molar-refractivity contribution in [3.8, 4) is 0 Å². The molecule has 0 fully saturated rings. The minimum absolute atomic E-state index is 0.838. The van der Waals surface area contributed by atoms with Crippen LogP contribution in [0.5, 0.6) is 0 Å². The molecule has 1 atom stereocenters. The van der Waals surface area contributed by atoms with Gasteiger partial charge in [0.05, 0.1) is 0 Å². The van der Waals surface area contributed by atoms with E-state index >= 15 is 0 Å². The van der Waals surface area contributed by atoms with Crippen LogP contribution in [0.2, 0.25) is 0 Å². The summed E-state index contributed by atoms with van der Waals surface area (Å²) >= 11 is 0. The van der Waals surface area contributed by atoms with Gasteiger partial charge in [0, 0.05) is 0 Å². The smallest absolute Gasteiger partial charge is 0.00205 e. The zero-order valence-corrected chi connectivity index (χ0v) is 10.9. The SMILES string of the molecule is C=C(CCC)CC[C@@H](CC)CNCCC. The number of allylic oxidation sites excluding steroid dienone is 1. The maximum atomic E-state index is 4.13. The molecule has 15 heavy (non-hydrogen) atoms. The Labute approximate surface area is 96.3 Å². The molecule has 1 N–H and O–H groups in total. The molecule has 0 saturated heterocycles.